The summed E-state index contributed by atoms with van der Waals surface area (Å²) in [6.07, 6.45) is 10.7. The van der Waals surface area contributed by atoms with Crippen molar-refractivity contribution in [1.82, 2.24) is 25.1 Å². The number of hydrogen-bond donors (Lipinski definition) is 0. The molecule has 0 unspecified atom stereocenters. The number of rotatable bonds is 12. The molecule has 0 aromatic carbocycles. The quantitative estimate of drug-likeness (QED) is 0.228. The van der Waals surface area contributed by atoms with Crippen LogP contribution in [-0.2, 0) is 16.6 Å². The lowest BCUT2D eigenvalue weighted by Gasteiger charge is -2.23. The standard InChI is InChI=1S/C28H35FN6O2/c1-19(11-13-29)26(36)35(15-7-5-6-8-23-33-27(37-34-23)28(2,3)4)24-16-21(12-14-30-24)22-17-31-25(32-18-22)20-9-10-20/h12,14,16-18,20H,1,5-11,13,15H2,2-4H3. The van der Waals surface area contributed by atoms with Crippen LogP contribution in [-0.4, -0.2) is 44.2 Å². The Labute approximate surface area is 217 Å². The maximum atomic E-state index is 13.2. The third-order valence-electron chi connectivity index (χ3n) is 6.31. The zero-order valence-corrected chi connectivity index (χ0v) is 21.9. The summed E-state index contributed by atoms with van der Waals surface area (Å²) in [6.45, 7) is 9.72. The first-order valence-electron chi connectivity index (χ1n) is 12.9. The molecule has 0 N–H and O–H groups in total. The lowest BCUT2D eigenvalue weighted by molar-refractivity contribution is -0.115. The molecule has 1 saturated carbocycles. The number of unbranched alkanes of at least 4 members (excludes halogenated alkanes) is 2. The van der Waals surface area contributed by atoms with Crippen LogP contribution >= 0.6 is 0 Å². The Hall–Kier alpha value is -3.49. The summed E-state index contributed by atoms with van der Waals surface area (Å²) in [7, 11) is 0. The van der Waals surface area contributed by atoms with Crippen LogP contribution in [0.5, 0.6) is 0 Å². The Kier molecular flexibility index (Phi) is 8.41. The van der Waals surface area contributed by atoms with Crippen LogP contribution in [0.2, 0.25) is 0 Å². The number of aromatic nitrogens is 5. The van der Waals surface area contributed by atoms with Crippen molar-refractivity contribution in [2.75, 3.05) is 18.1 Å². The Balaban J connectivity index is 1.41. The van der Waals surface area contributed by atoms with E-state index in [1.54, 1.807) is 11.1 Å². The second-order valence-electron chi connectivity index (χ2n) is 10.6. The van der Waals surface area contributed by atoms with E-state index < -0.39 is 6.67 Å². The lowest BCUT2D eigenvalue weighted by Crippen LogP contribution is -2.33. The number of anilines is 1. The molecule has 0 bridgehead atoms. The summed E-state index contributed by atoms with van der Waals surface area (Å²) in [5, 5.41) is 4.07. The molecule has 0 spiro atoms. The second kappa shape index (κ2) is 11.7. The van der Waals surface area contributed by atoms with Gasteiger partial charge in [0.2, 0.25) is 5.89 Å². The Morgan fingerprint density at radius 3 is 2.54 bits per heavy atom. The molecule has 1 aliphatic rings. The van der Waals surface area contributed by atoms with Gasteiger partial charge in [-0.1, -0.05) is 38.9 Å². The van der Waals surface area contributed by atoms with Gasteiger partial charge in [0.1, 0.15) is 11.6 Å². The largest absolute Gasteiger partial charge is 0.339 e. The number of pyridine rings is 1. The van der Waals surface area contributed by atoms with Gasteiger partial charge in [-0.3, -0.25) is 14.1 Å². The van der Waals surface area contributed by atoms with Crippen molar-refractivity contribution in [1.29, 1.82) is 0 Å². The predicted octanol–water partition coefficient (Wildman–Crippen LogP) is 5.76. The van der Waals surface area contributed by atoms with Crippen LogP contribution < -0.4 is 4.90 Å². The Morgan fingerprint density at radius 1 is 1.14 bits per heavy atom. The number of alkyl halides is 1. The Morgan fingerprint density at radius 2 is 1.89 bits per heavy atom. The Bertz CT molecular complexity index is 1210. The highest BCUT2D eigenvalue weighted by Gasteiger charge is 2.26. The molecule has 0 aliphatic heterocycles. The van der Waals surface area contributed by atoms with E-state index in [1.165, 1.54) is 0 Å². The van der Waals surface area contributed by atoms with Crippen LogP contribution in [0.3, 0.4) is 0 Å². The SMILES string of the molecule is C=C(CCF)C(=O)N(CCCCCc1noc(C(C)(C)C)n1)c1cc(-c2cnc(C3CC3)nc2)ccn1. The van der Waals surface area contributed by atoms with Crippen molar-refractivity contribution >= 4 is 11.7 Å². The molecule has 1 amide bonds. The van der Waals surface area contributed by atoms with E-state index in [2.05, 4.69) is 31.7 Å². The molecular formula is C28H35FN6O2. The molecule has 3 aromatic rings. The summed E-state index contributed by atoms with van der Waals surface area (Å²) < 4.78 is 18.3. The first kappa shape index (κ1) is 26.6. The van der Waals surface area contributed by atoms with Gasteiger partial charge in [-0.05, 0) is 43.4 Å². The summed E-state index contributed by atoms with van der Waals surface area (Å²) >= 11 is 0. The third-order valence-corrected chi connectivity index (χ3v) is 6.31. The van der Waals surface area contributed by atoms with E-state index in [1.807, 2.05) is 45.3 Å². The fraction of sp³-hybridized carbons (Fsp3) is 0.500. The number of hydrogen-bond acceptors (Lipinski definition) is 7. The van der Waals surface area contributed by atoms with Crippen molar-refractivity contribution in [3.05, 3.63) is 60.4 Å². The zero-order chi connectivity index (χ0) is 26.4. The van der Waals surface area contributed by atoms with Gasteiger partial charge in [0.25, 0.3) is 5.91 Å². The van der Waals surface area contributed by atoms with Crippen molar-refractivity contribution in [2.24, 2.45) is 0 Å². The summed E-state index contributed by atoms with van der Waals surface area (Å²) in [4.78, 5) is 32.7. The van der Waals surface area contributed by atoms with Crippen LogP contribution in [0.15, 0.2) is 47.4 Å². The minimum absolute atomic E-state index is 0.000564. The molecule has 4 rings (SSSR count). The second-order valence-corrected chi connectivity index (χ2v) is 10.6. The maximum absolute atomic E-state index is 13.2. The summed E-state index contributed by atoms with van der Waals surface area (Å²) in [5.74, 6) is 2.88. The van der Waals surface area contributed by atoms with Crippen molar-refractivity contribution in [3.8, 4) is 11.1 Å². The average molecular weight is 507 g/mol. The predicted molar refractivity (Wildman–Crippen MR) is 140 cm³/mol. The zero-order valence-electron chi connectivity index (χ0n) is 21.9. The van der Waals surface area contributed by atoms with Gasteiger partial charge in [-0.15, -0.1) is 0 Å². The minimum atomic E-state index is -0.627. The summed E-state index contributed by atoms with van der Waals surface area (Å²) in [6, 6.07) is 3.72. The molecule has 37 heavy (non-hydrogen) atoms. The molecule has 9 heteroatoms. The number of aryl methyl sites for hydroxylation is 1. The minimum Gasteiger partial charge on any atom is -0.339 e. The normalized spacial score (nSPS) is 13.5. The average Bonchev–Trinajstić information content (AvgIpc) is 3.62. The lowest BCUT2D eigenvalue weighted by atomic mass is 9.97. The van der Waals surface area contributed by atoms with E-state index in [9.17, 15) is 9.18 Å². The number of nitrogens with zero attached hydrogens (tertiary/aromatic N) is 6. The number of carbonyl (C=O) groups is 1. The van der Waals surface area contributed by atoms with Gasteiger partial charge in [0.05, 0.1) is 6.67 Å². The first-order valence-corrected chi connectivity index (χ1v) is 12.9. The van der Waals surface area contributed by atoms with Crippen molar-refractivity contribution in [3.63, 3.8) is 0 Å². The van der Waals surface area contributed by atoms with Crippen LogP contribution in [0.1, 0.15) is 82.8 Å². The molecular weight excluding hydrogens is 471 g/mol. The van der Waals surface area contributed by atoms with Gasteiger partial charge < -0.3 is 4.52 Å². The molecule has 1 aliphatic carbocycles. The van der Waals surface area contributed by atoms with Gasteiger partial charge in [-0.25, -0.2) is 15.0 Å². The number of amides is 1. The van der Waals surface area contributed by atoms with Gasteiger partial charge >= 0.3 is 0 Å². The van der Waals surface area contributed by atoms with E-state index >= 15 is 0 Å². The highest BCUT2D eigenvalue weighted by atomic mass is 19.1. The molecule has 0 radical (unpaired) electrons. The first-order chi connectivity index (χ1) is 17.8. The number of halogens is 1. The van der Waals surface area contributed by atoms with Gasteiger partial charge in [0, 0.05) is 60.4 Å². The molecule has 0 saturated heterocycles. The molecule has 8 nitrogen and oxygen atoms in total. The monoisotopic (exact) mass is 506 g/mol. The maximum Gasteiger partial charge on any atom is 0.254 e. The molecule has 3 aromatic heterocycles. The van der Waals surface area contributed by atoms with Crippen LogP contribution in [0, 0.1) is 0 Å². The molecule has 0 atom stereocenters. The van der Waals surface area contributed by atoms with Gasteiger partial charge in [-0.2, -0.15) is 4.98 Å². The fourth-order valence-electron chi connectivity index (χ4n) is 3.91. The highest BCUT2D eigenvalue weighted by Crippen LogP contribution is 2.38. The van der Waals surface area contributed by atoms with Crippen LogP contribution in [0.25, 0.3) is 11.1 Å². The van der Waals surface area contributed by atoms with Gasteiger partial charge in [0.15, 0.2) is 5.82 Å². The molecule has 1 fully saturated rings. The molecule has 3 heterocycles. The fourth-order valence-corrected chi connectivity index (χ4v) is 3.91. The van der Waals surface area contributed by atoms with Crippen molar-refractivity contribution in [2.45, 2.75) is 77.0 Å². The van der Waals surface area contributed by atoms with E-state index in [0.717, 1.165) is 49.1 Å². The van der Waals surface area contributed by atoms with Crippen molar-refractivity contribution < 1.29 is 13.7 Å². The summed E-state index contributed by atoms with van der Waals surface area (Å²) in [5.41, 5.74) is 1.78. The molecule has 196 valence electrons. The van der Waals surface area contributed by atoms with E-state index in [4.69, 9.17) is 4.52 Å². The number of carbonyl (C=O) groups excluding carboxylic acids is 1. The topological polar surface area (TPSA) is 97.9 Å². The smallest absolute Gasteiger partial charge is 0.254 e. The third kappa shape index (κ3) is 7.05. The van der Waals surface area contributed by atoms with Crippen LogP contribution in [0.4, 0.5) is 10.2 Å². The van der Waals surface area contributed by atoms with E-state index in [-0.39, 0.29) is 23.3 Å². The van der Waals surface area contributed by atoms with E-state index in [0.29, 0.717) is 36.4 Å². The highest BCUT2D eigenvalue weighted by molar-refractivity contribution is 6.04.